The molecule has 0 fully saturated rings. The fraction of sp³-hybridized carbons (Fsp3) is 0. The van der Waals surface area contributed by atoms with Crippen molar-refractivity contribution in [3.05, 3.63) is 162 Å². The third kappa shape index (κ3) is 5.89. The van der Waals surface area contributed by atoms with Crippen LogP contribution in [0.2, 0.25) is 0 Å². The number of hydrogen-bond acceptors (Lipinski definition) is 5. The van der Waals surface area contributed by atoms with Gasteiger partial charge in [-0.15, -0.1) is 0 Å². The van der Waals surface area contributed by atoms with Crippen LogP contribution in [0.1, 0.15) is 0 Å². The maximum atomic E-state index is 4.92. The summed E-state index contributed by atoms with van der Waals surface area (Å²) in [5, 5.41) is 0. The van der Waals surface area contributed by atoms with E-state index in [1.54, 1.807) is 6.20 Å². The molecule has 0 amide bonds. The summed E-state index contributed by atoms with van der Waals surface area (Å²) in [6.45, 7) is 0. The number of benzene rings is 5. The second kappa shape index (κ2) is 12.4. The second-order valence-electron chi connectivity index (χ2n) is 10.2. The van der Waals surface area contributed by atoms with Gasteiger partial charge in [-0.1, -0.05) is 107 Å². The van der Waals surface area contributed by atoms with Crippen molar-refractivity contribution >= 4 is 33.0 Å². The molecule has 0 spiro atoms. The Kier molecular flexibility index (Phi) is 7.72. The van der Waals surface area contributed by atoms with E-state index in [-0.39, 0.29) is 0 Å². The fourth-order valence-electron chi connectivity index (χ4n) is 5.14. The van der Waals surface area contributed by atoms with Crippen molar-refractivity contribution in [2.75, 3.05) is 4.90 Å². The Hall–Kier alpha value is -5.46. The Labute approximate surface area is 264 Å². The van der Waals surface area contributed by atoms with Crippen molar-refractivity contribution in [2.24, 2.45) is 0 Å². The molecule has 0 N–H and O–H groups in total. The SMILES string of the molecule is Brc1cc(-c2ccc(N(c3ccccc3)c3cccnc3)cc2)cc(-c2nc(-c3ccccc3)nc(-c3ccccc3)n2)c1. The molecule has 210 valence electrons. The third-order valence-corrected chi connectivity index (χ3v) is 7.69. The lowest BCUT2D eigenvalue weighted by molar-refractivity contribution is 1.07. The highest BCUT2D eigenvalue weighted by Gasteiger charge is 2.15. The van der Waals surface area contributed by atoms with Gasteiger partial charge in [0.2, 0.25) is 0 Å². The lowest BCUT2D eigenvalue weighted by atomic mass is 10.0. The molecule has 0 atom stereocenters. The van der Waals surface area contributed by atoms with Crippen LogP contribution in [-0.2, 0) is 0 Å². The van der Waals surface area contributed by atoms with Crippen molar-refractivity contribution in [1.29, 1.82) is 0 Å². The zero-order chi connectivity index (χ0) is 29.7. The quantitative estimate of drug-likeness (QED) is 0.175. The monoisotopic (exact) mass is 631 g/mol. The molecular formula is C38H26BrN5. The number of para-hydroxylation sites is 1. The summed E-state index contributed by atoms with van der Waals surface area (Å²) in [5.41, 5.74) is 8.02. The molecule has 0 saturated carbocycles. The minimum Gasteiger partial charge on any atom is -0.309 e. The van der Waals surface area contributed by atoms with Crippen molar-refractivity contribution < 1.29 is 0 Å². The molecule has 5 aromatic carbocycles. The third-order valence-electron chi connectivity index (χ3n) is 7.23. The molecule has 0 aliphatic rings. The van der Waals surface area contributed by atoms with Crippen molar-refractivity contribution in [3.8, 4) is 45.3 Å². The summed E-state index contributed by atoms with van der Waals surface area (Å²) in [4.78, 5) is 21.2. The van der Waals surface area contributed by atoms with Crippen LogP contribution in [0.15, 0.2) is 162 Å². The smallest absolute Gasteiger partial charge is 0.164 e. The van der Waals surface area contributed by atoms with Gasteiger partial charge in [0.05, 0.1) is 11.9 Å². The van der Waals surface area contributed by atoms with E-state index in [2.05, 4.69) is 86.5 Å². The summed E-state index contributed by atoms with van der Waals surface area (Å²) >= 11 is 3.75. The van der Waals surface area contributed by atoms with Gasteiger partial charge in [-0.3, -0.25) is 4.98 Å². The molecule has 0 radical (unpaired) electrons. The molecule has 6 heteroatoms. The summed E-state index contributed by atoms with van der Waals surface area (Å²) in [7, 11) is 0. The van der Waals surface area contributed by atoms with Gasteiger partial charge in [0.15, 0.2) is 17.5 Å². The molecule has 7 rings (SSSR count). The summed E-state index contributed by atoms with van der Waals surface area (Å²) in [6.07, 6.45) is 3.67. The van der Waals surface area contributed by atoms with Gasteiger partial charge in [-0.2, -0.15) is 0 Å². The predicted octanol–water partition coefficient (Wildman–Crippen LogP) is 10.2. The molecular weight excluding hydrogens is 606 g/mol. The Morgan fingerprint density at radius 2 is 0.909 bits per heavy atom. The zero-order valence-corrected chi connectivity index (χ0v) is 25.2. The topological polar surface area (TPSA) is 54.8 Å². The van der Waals surface area contributed by atoms with E-state index in [9.17, 15) is 0 Å². The molecule has 2 heterocycles. The summed E-state index contributed by atoms with van der Waals surface area (Å²) in [6, 6.07) is 49.2. The lowest BCUT2D eigenvalue weighted by Gasteiger charge is -2.25. The lowest BCUT2D eigenvalue weighted by Crippen LogP contribution is -2.09. The largest absolute Gasteiger partial charge is 0.309 e. The van der Waals surface area contributed by atoms with E-state index >= 15 is 0 Å². The minimum absolute atomic E-state index is 0.615. The number of nitrogens with zero attached hydrogens (tertiary/aromatic N) is 5. The van der Waals surface area contributed by atoms with Crippen molar-refractivity contribution in [3.63, 3.8) is 0 Å². The molecule has 0 aliphatic carbocycles. The van der Waals surface area contributed by atoms with E-state index < -0.39 is 0 Å². The van der Waals surface area contributed by atoms with Crippen LogP contribution in [0.4, 0.5) is 17.1 Å². The second-order valence-corrected chi connectivity index (χ2v) is 11.1. The summed E-state index contributed by atoms with van der Waals surface area (Å²) in [5.74, 6) is 1.89. The normalized spacial score (nSPS) is 10.8. The van der Waals surface area contributed by atoms with E-state index in [0.717, 1.165) is 49.4 Å². The number of hydrogen-bond donors (Lipinski definition) is 0. The number of anilines is 3. The molecule has 0 bridgehead atoms. The van der Waals surface area contributed by atoms with Crippen LogP contribution in [-0.4, -0.2) is 19.9 Å². The Morgan fingerprint density at radius 3 is 1.48 bits per heavy atom. The van der Waals surface area contributed by atoms with E-state index in [1.807, 2.05) is 91.1 Å². The van der Waals surface area contributed by atoms with Crippen LogP contribution in [0, 0.1) is 0 Å². The minimum atomic E-state index is 0.615. The van der Waals surface area contributed by atoms with Gasteiger partial charge in [0, 0.05) is 38.7 Å². The number of rotatable bonds is 7. The molecule has 2 aromatic heterocycles. The van der Waals surface area contributed by atoms with Gasteiger partial charge >= 0.3 is 0 Å². The highest BCUT2D eigenvalue weighted by Crippen LogP contribution is 2.36. The molecule has 5 nitrogen and oxygen atoms in total. The maximum Gasteiger partial charge on any atom is 0.164 e. The molecule has 0 unspecified atom stereocenters. The van der Waals surface area contributed by atoms with E-state index in [1.165, 1.54) is 0 Å². The number of pyridine rings is 1. The Balaban J connectivity index is 1.29. The highest BCUT2D eigenvalue weighted by atomic mass is 79.9. The standard InChI is InChI=1S/C38H26BrN5/c39-32-24-30(27-18-20-34(21-19-27)44(33-15-8-3-9-16-33)35-17-10-22-40-26-35)23-31(25-32)38-42-36(28-11-4-1-5-12-28)41-37(43-38)29-13-6-2-7-14-29/h1-26H. The van der Waals surface area contributed by atoms with Gasteiger partial charge in [-0.05, 0) is 65.7 Å². The predicted molar refractivity (Wildman–Crippen MR) is 182 cm³/mol. The van der Waals surface area contributed by atoms with Crippen molar-refractivity contribution in [2.45, 2.75) is 0 Å². The Morgan fingerprint density at radius 1 is 0.409 bits per heavy atom. The highest BCUT2D eigenvalue weighted by molar-refractivity contribution is 9.10. The number of aromatic nitrogens is 4. The average Bonchev–Trinajstić information content (AvgIpc) is 3.10. The van der Waals surface area contributed by atoms with Gasteiger partial charge in [0.1, 0.15) is 0 Å². The molecule has 7 aromatic rings. The van der Waals surface area contributed by atoms with Crippen LogP contribution in [0.25, 0.3) is 45.3 Å². The van der Waals surface area contributed by atoms with Crippen LogP contribution >= 0.6 is 15.9 Å². The fourth-order valence-corrected chi connectivity index (χ4v) is 5.63. The summed E-state index contributed by atoms with van der Waals surface area (Å²) < 4.78 is 0.943. The average molecular weight is 633 g/mol. The zero-order valence-electron chi connectivity index (χ0n) is 23.6. The molecule has 0 saturated heterocycles. The van der Waals surface area contributed by atoms with E-state index in [0.29, 0.717) is 17.5 Å². The first-order chi connectivity index (χ1) is 21.7. The van der Waals surface area contributed by atoms with E-state index in [4.69, 9.17) is 15.0 Å². The van der Waals surface area contributed by atoms with Crippen LogP contribution in [0.5, 0.6) is 0 Å². The first-order valence-electron chi connectivity index (χ1n) is 14.2. The van der Waals surface area contributed by atoms with Gasteiger partial charge in [0.25, 0.3) is 0 Å². The molecule has 0 aliphatic heterocycles. The van der Waals surface area contributed by atoms with Gasteiger partial charge < -0.3 is 4.90 Å². The van der Waals surface area contributed by atoms with Crippen molar-refractivity contribution in [1.82, 2.24) is 19.9 Å². The number of halogens is 1. The Bertz CT molecular complexity index is 1900. The maximum absolute atomic E-state index is 4.92. The van der Waals surface area contributed by atoms with Gasteiger partial charge in [-0.25, -0.2) is 15.0 Å². The first kappa shape index (κ1) is 27.4. The van der Waals surface area contributed by atoms with Crippen LogP contribution < -0.4 is 4.90 Å². The first-order valence-corrected chi connectivity index (χ1v) is 15.0. The van der Waals surface area contributed by atoms with Crippen LogP contribution in [0.3, 0.4) is 0 Å². The molecule has 44 heavy (non-hydrogen) atoms.